The molecule has 0 heterocycles. The normalized spacial score (nSPS) is 11.3. The first kappa shape index (κ1) is 9.80. The van der Waals surface area contributed by atoms with E-state index < -0.39 is 11.8 Å². The lowest BCUT2D eigenvalue weighted by atomic mass is 10.4. The molecule has 0 aliphatic carbocycles. The maximum absolute atomic E-state index is 12.5. The quantitative estimate of drug-likeness (QED) is 0.599. The van der Waals surface area contributed by atoms with Crippen LogP contribution in [-0.4, -0.2) is 11.1 Å². The summed E-state index contributed by atoms with van der Waals surface area (Å²) in [5, 5.41) is 9.17. The molecule has 13 heavy (non-hydrogen) atoms. The van der Waals surface area contributed by atoms with Crippen LogP contribution in [0.15, 0.2) is 46.5 Å². The minimum atomic E-state index is -1.54. The molecular formula is C9H7FO2S. The Kier molecular flexibility index (Phi) is 3.52. The fraction of sp³-hybridized carbons (Fsp3) is 0. The summed E-state index contributed by atoms with van der Waals surface area (Å²) in [7, 11) is 0. The number of halogens is 1. The summed E-state index contributed by atoms with van der Waals surface area (Å²) in [5.74, 6) is -2.68. The highest BCUT2D eigenvalue weighted by Gasteiger charge is 2.03. The van der Waals surface area contributed by atoms with E-state index in [0.717, 1.165) is 22.1 Å². The smallest absolute Gasteiger partial charge is 0.365 e. The number of hydrogen-bond donors (Lipinski definition) is 1. The van der Waals surface area contributed by atoms with E-state index in [0.29, 0.717) is 0 Å². The van der Waals surface area contributed by atoms with Crippen LogP contribution in [-0.2, 0) is 4.79 Å². The van der Waals surface area contributed by atoms with Crippen molar-refractivity contribution in [2.45, 2.75) is 4.90 Å². The lowest BCUT2D eigenvalue weighted by Crippen LogP contribution is -1.92. The van der Waals surface area contributed by atoms with Crippen molar-refractivity contribution >= 4 is 17.7 Å². The van der Waals surface area contributed by atoms with Crippen molar-refractivity contribution in [1.82, 2.24) is 0 Å². The van der Waals surface area contributed by atoms with Gasteiger partial charge >= 0.3 is 5.97 Å². The molecule has 0 bridgehead atoms. The van der Waals surface area contributed by atoms with Gasteiger partial charge in [0.2, 0.25) is 5.83 Å². The summed E-state index contributed by atoms with van der Waals surface area (Å²) in [6, 6.07) is 8.98. The third-order valence-electron chi connectivity index (χ3n) is 1.25. The summed E-state index contributed by atoms with van der Waals surface area (Å²) in [5.41, 5.74) is 0. The van der Waals surface area contributed by atoms with Crippen molar-refractivity contribution in [3.63, 3.8) is 0 Å². The van der Waals surface area contributed by atoms with Crippen LogP contribution in [0.3, 0.4) is 0 Å². The van der Waals surface area contributed by atoms with Crippen LogP contribution in [0.1, 0.15) is 0 Å². The Morgan fingerprint density at radius 3 is 2.54 bits per heavy atom. The molecule has 0 atom stereocenters. The predicted molar refractivity (Wildman–Crippen MR) is 49.1 cm³/mol. The van der Waals surface area contributed by atoms with E-state index in [4.69, 9.17) is 5.11 Å². The number of benzene rings is 1. The predicted octanol–water partition coefficient (Wildman–Crippen LogP) is 2.67. The molecule has 1 aromatic carbocycles. The van der Waals surface area contributed by atoms with E-state index in [2.05, 4.69) is 0 Å². The topological polar surface area (TPSA) is 37.3 Å². The summed E-state index contributed by atoms with van der Waals surface area (Å²) < 4.78 is 12.5. The average molecular weight is 198 g/mol. The molecule has 0 saturated carbocycles. The minimum absolute atomic E-state index is 0.805. The standard InChI is InChI=1S/C9H7FO2S/c10-8(9(11)12)6-13-7-4-2-1-3-5-7/h1-6H,(H,11,12)/b8-6-. The lowest BCUT2D eigenvalue weighted by molar-refractivity contribution is -0.134. The van der Waals surface area contributed by atoms with Crippen LogP contribution < -0.4 is 0 Å². The third kappa shape index (κ3) is 3.29. The molecule has 0 saturated heterocycles. The Morgan fingerprint density at radius 2 is 2.00 bits per heavy atom. The Morgan fingerprint density at radius 1 is 1.38 bits per heavy atom. The first-order valence-electron chi connectivity index (χ1n) is 3.51. The Balaban J connectivity index is 2.62. The first-order valence-corrected chi connectivity index (χ1v) is 4.39. The Labute approximate surface area is 79.1 Å². The van der Waals surface area contributed by atoms with E-state index in [-0.39, 0.29) is 0 Å². The molecule has 0 amide bonds. The monoisotopic (exact) mass is 198 g/mol. The van der Waals surface area contributed by atoms with E-state index in [9.17, 15) is 9.18 Å². The van der Waals surface area contributed by atoms with Crippen molar-refractivity contribution in [2.24, 2.45) is 0 Å². The third-order valence-corrected chi connectivity index (χ3v) is 2.12. The molecule has 1 aromatic rings. The van der Waals surface area contributed by atoms with Crippen LogP contribution in [0.2, 0.25) is 0 Å². The SMILES string of the molecule is O=C(O)/C(F)=C/Sc1ccccc1. The molecule has 0 aliphatic heterocycles. The second kappa shape index (κ2) is 4.67. The second-order valence-corrected chi connectivity index (χ2v) is 3.14. The molecule has 0 unspecified atom stereocenters. The van der Waals surface area contributed by atoms with Gasteiger partial charge in [-0.1, -0.05) is 30.0 Å². The number of carboxylic acid groups (broad SMARTS) is 1. The van der Waals surface area contributed by atoms with E-state index in [1.807, 2.05) is 6.07 Å². The fourth-order valence-electron chi connectivity index (χ4n) is 0.669. The van der Waals surface area contributed by atoms with Crippen LogP contribution in [0, 0.1) is 0 Å². The van der Waals surface area contributed by atoms with Gasteiger partial charge in [0.15, 0.2) is 0 Å². The van der Waals surface area contributed by atoms with Crippen LogP contribution in [0.4, 0.5) is 4.39 Å². The molecule has 68 valence electrons. The highest BCUT2D eigenvalue weighted by Crippen LogP contribution is 2.20. The number of carbonyl (C=O) groups is 1. The van der Waals surface area contributed by atoms with E-state index in [1.165, 1.54) is 0 Å². The molecular weight excluding hydrogens is 191 g/mol. The molecule has 0 fully saturated rings. The Bertz CT molecular complexity index is 322. The number of thioether (sulfide) groups is 1. The van der Waals surface area contributed by atoms with Gasteiger partial charge in [0.05, 0.1) is 0 Å². The molecule has 0 spiro atoms. The fourth-order valence-corrected chi connectivity index (χ4v) is 1.32. The van der Waals surface area contributed by atoms with Crippen molar-refractivity contribution in [3.05, 3.63) is 41.6 Å². The largest absolute Gasteiger partial charge is 0.476 e. The van der Waals surface area contributed by atoms with Gasteiger partial charge in [0.25, 0.3) is 0 Å². The molecule has 0 aliphatic rings. The van der Waals surface area contributed by atoms with Crippen molar-refractivity contribution in [3.8, 4) is 0 Å². The molecule has 0 radical (unpaired) electrons. The first-order chi connectivity index (χ1) is 6.20. The Hall–Kier alpha value is -1.29. The number of rotatable bonds is 3. The maximum atomic E-state index is 12.5. The van der Waals surface area contributed by atoms with Gasteiger partial charge in [-0.25, -0.2) is 4.79 Å². The minimum Gasteiger partial charge on any atom is -0.476 e. The van der Waals surface area contributed by atoms with Gasteiger partial charge in [0.1, 0.15) is 0 Å². The average Bonchev–Trinajstić information content (AvgIpc) is 2.15. The van der Waals surface area contributed by atoms with Crippen LogP contribution >= 0.6 is 11.8 Å². The van der Waals surface area contributed by atoms with Gasteiger partial charge in [-0.15, -0.1) is 0 Å². The zero-order chi connectivity index (χ0) is 9.68. The molecule has 4 heteroatoms. The summed E-state index contributed by atoms with van der Waals surface area (Å²) in [6.07, 6.45) is 0. The second-order valence-electron chi connectivity index (χ2n) is 2.20. The van der Waals surface area contributed by atoms with E-state index in [1.54, 1.807) is 24.3 Å². The summed E-state index contributed by atoms with van der Waals surface area (Å²) in [6.45, 7) is 0. The number of hydrogen-bond acceptors (Lipinski definition) is 2. The molecule has 2 nitrogen and oxygen atoms in total. The van der Waals surface area contributed by atoms with Gasteiger partial charge in [-0.3, -0.25) is 0 Å². The molecule has 0 aromatic heterocycles. The molecule has 1 N–H and O–H groups in total. The lowest BCUT2D eigenvalue weighted by Gasteiger charge is -1.93. The maximum Gasteiger partial charge on any atom is 0.365 e. The zero-order valence-electron chi connectivity index (χ0n) is 6.61. The van der Waals surface area contributed by atoms with Gasteiger partial charge in [0, 0.05) is 10.3 Å². The summed E-state index contributed by atoms with van der Waals surface area (Å²) in [4.78, 5) is 10.9. The van der Waals surface area contributed by atoms with Crippen LogP contribution in [0.5, 0.6) is 0 Å². The van der Waals surface area contributed by atoms with Gasteiger partial charge in [-0.2, -0.15) is 4.39 Å². The van der Waals surface area contributed by atoms with Crippen molar-refractivity contribution in [2.75, 3.05) is 0 Å². The zero-order valence-corrected chi connectivity index (χ0v) is 7.42. The van der Waals surface area contributed by atoms with E-state index >= 15 is 0 Å². The van der Waals surface area contributed by atoms with Gasteiger partial charge in [-0.05, 0) is 12.1 Å². The highest BCUT2D eigenvalue weighted by molar-refractivity contribution is 8.02. The van der Waals surface area contributed by atoms with Crippen molar-refractivity contribution in [1.29, 1.82) is 0 Å². The highest BCUT2D eigenvalue weighted by atomic mass is 32.2. The number of aliphatic carboxylic acids is 1. The molecule has 1 rings (SSSR count). The number of carboxylic acids is 1. The van der Waals surface area contributed by atoms with Crippen molar-refractivity contribution < 1.29 is 14.3 Å². The summed E-state index contributed by atoms with van der Waals surface area (Å²) >= 11 is 1.04. The van der Waals surface area contributed by atoms with Crippen LogP contribution in [0.25, 0.3) is 0 Å². The van der Waals surface area contributed by atoms with Gasteiger partial charge < -0.3 is 5.11 Å².